The quantitative estimate of drug-likeness (QED) is 0.845. The molecule has 3 nitrogen and oxygen atoms in total. The average Bonchev–Trinajstić information content (AvgIpc) is 2.41. The zero-order chi connectivity index (χ0) is 13.8. The maximum absolute atomic E-state index is 9.38. The van der Waals surface area contributed by atoms with Gasteiger partial charge in [0.2, 0.25) is 0 Å². The van der Waals surface area contributed by atoms with Crippen LogP contribution >= 0.6 is 11.6 Å². The van der Waals surface area contributed by atoms with Gasteiger partial charge in [0.25, 0.3) is 0 Å². The van der Waals surface area contributed by atoms with Gasteiger partial charge in [0, 0.05) is 16.0 Å². The smallest absolute Gasteiger partial charge is 0.133 e. The van der Waals surface area contributed by atoms with Crippen LogP contribution in [0.4, 0.5) is 0 Å². The first-order valence-corrected chi connectivity index (χ1v) is 6.87. The largest absolute Gasteiger partial charge is 0.493 e. The molecule has 1 N–H and O–H groups in total. The van der Waals surface area contributed by atoms with Gasteiger partial charge in [0.15, 0.2) is 0 Å². The molecule has 0 fully saturated rings. The summed E-state index contributed by atoms with van der Waals surface area (Å²) in [7, 11) is 0. The fourth-order valence-electron chi connectivity index (χ4n) is 2.01. The van der Waals surface area contributed by atoms with Gasteiger partial charge in [-0.05, 0) is 31.5 Å². The molecule has 19 heavy (non-hydrogen) atoms. The van der Waals surface area contributed by atoms with Crippen LogP contribution in [0.1, 0.15) is 31.0 Å². The Balaban J connectivity index is 2.54. The Kier molecular flexibility index (Phi) is 4.61. The molecule has 0 saturated heterocycles. The van der Waals surface area contributed by atoms with Crippen molar-refractivity contribution in [3.63, 3.8) is 0 Å². The summed E-state index contributed by atoms with van der Waals surface area (Å²) >= 11 is 6.05. The molecule has 0 unspecified atom stereocenters. The topological polar surface area (TPSA) is 42.4 Å². The van der Waals surface area contributed by atoms with Crippen molar-refractivity contribution in [3.05, 3.63) is 34.5 Å². The van der Waals surface area contributed by atoms with Gasteiger partial charge in [-0.3, -0.25) is 0 Å². The van der Waals surface area contributed by atoms with Crippen molar-refractivity contribution in [2.75, 3.05) is 6.61 Å². The first-order valence-electron chi connectivity index (χ1n) is 6.49. The highest BCUT2D eigenvalue weighted by Gasteiger charge is 2.13. The van der Waals surface area contributed by atoms with E-state index in [-0.39, 0.29) is 6.61 Å². The average molecular weight is 280 g/mol. The van der Waals surface area contributed by atoms with Crippen molar-refractivity contribution in [2.45, 2.75) is 33.3 Å². The van der Waals surface area contributed by atoms with Crippen molar-refractivity contribution in [2.24, 2.45) is 0 Å². The fourth-order valence-corrected chi connectivity index (χ4v) is 2.18. The Labute approximate surface area is 118 Å². The number of benzene rings is 1. The predicted octanol–water partition coefficient (Wildman–Crippen LogP) is 3.87. The van der Waals surface area contributed by atoms with E-state index < -0.39 is 0 Å². The SMILES string of the molecule is CCCCOc1c(C)c(CO)nc2ccc(Cl)cc12. The maximum Gasteiger partial charge on any atom is 0.133 e. The van der Waals surface area contributed by atoms with Gasteiger partial charge in [-0.2, -0.15) is 0 Å². The van der Waals surface area contributed by atoms with Gasteiger partial charge in [-0.15, -0.1) is 0 Å². The van der Waals surface area contributed by atoms with Gasteiger partial charge in [-0.1, -0.05) is 24.9 Å². The second-order valence-corrected chi connectivity index (χ2v) is 4.97. The molecule has 1 aromatic carbocycles. The van der Waals surface area contributed by atoms with Gasteiger partial charge in [0.1, 0.15) is 5.75 Å². The van der Waals surface area contributed by atoms with Gasteiger partial charge >= 0.3 is 0 Å². The van der Waals surface area contributed by atoms with Crippen LogP contribution in [-0.4, -0.2) is 16.7 Å². The first kappa shape index (κ1) is 14.1. The maximum atomic E-state index is 9.38. The highest BCUT2D eigenvalue weighted by molar-refractivity contribution is 6.31. The standard InChI is InChI=1S/C15H18ClNO2/c1-3-4-7-19-15-10(2)14(9-18)17-13-6-5-11(16)8-12(13)15/h5-6,8,18H,3-4,7,9H2,1-2H3. The van der Waals surface area contributed by atoms with Gasteiger partial charge < -0.3 is 9.84 Å². The molecule has 0 aliphatic rings. The zero-order valence-corrected chi connectivity index (χ0v) is 12.0. The molecule has 0 spiro atoms. The lowest BCUT2D eigenvalue weighted by Crippen LogP contribution is -2.03. The Morgan fingerprint density at radius 3 is 2.84 bits per heavy atom. The molecule has 0 atom stereocenters. The summed E-state index contributed by atoms with van der Waals surface area (Å²) in [6.07, 6.45) is 2.08. The van der Waals surface area contributed by atoms with Gasteiger partial charge in [0.05, 0.1) is 24.4 Å². The molecule has 2 aromatic rings. The van der Waals surface area contributed by atoms with Crippen molar-refractivity contribution >= 4 is 22.5 Å². The Hall–Kier alpha value is -1.32. The Morgan fingerprint density at radius 2 is 2.16 bits per heavy atom. The third-order valence-electron chi connectivity index (χ3n) is 3.13. The summed E-state index contributed by atoms with van der Waals surface area (Å²) in [6, 6.07) is 5.51. The van der Waals surface area contributed by atoms with E-state index in [0.717, 1.165) is 35.1 Å². The summed E-state index contributed by atoms with van der Waals surface area (Å²) in [4.78, 5) is 4.43. The highest BCUT2D eigenvalue weighted by atomic mass is 35.5. The summed E-state index contributed by atoms with van der Waals surface area (Å²) in [5.74, 6) is 0.782. The van der Waals surface area contributed by atoms with E-state index in [4.69, 9.17) is 16.3 Å². The molecule has 0 aliphatic heterocycles. The first-order chi connectivity index (χ1) is 9.17. The van der Waals surface area contributed by atoms with Crippen molar-refractivity contribution < 1.29 is 9.84 Å². The van der Waals surface area contributed by atoms with E-state index >= 15 is 0 Å². The Morgan fingerprint density at radius 1 is 1.37 bits per heavy atom. The summed E-state index contributed by atoms with van der Waals surface area (Å²) in [6.45, 7) is 4.61. The van der Waals surface area contributed by atoms with E-state index in [1.807, 2.05) is 19.1 Å². The number of hydrogen-bond acceptors (Lipinski definition) is 3. The van der Waals surface area contributed by atoms with Gasteiger partial charge in [-0.25, -0.2) is 4.98 Å². The van der Waals surface area contributed by atoms with E-state index in [2.05, 4.69) is 11.9 Å². The number of aliphatic hydroxyl groups excluding tert-OH is 1. The van der Waals surface area contributed by atoms with E-state index in [1.165, 1.54) is 0 Å². The summed E-state index contributed by atoms with van der Waals surface area (Å²) in [5, 5.41) is 10.9. The minimum atomic E-state index is -0.0888. The number of aliphatic hydroxyl groups is 1. The molecule has 0 saturated carbocycles. The molecular weight excluding hydrogens is 262 g/mol. The lowest BCUT2D eigenvalue weighted by molar-refractivity contribution is 0.273. The second kappa shape index (κ2) is 6.22. The third kappa shape index (κ3) is 2.99. The van der Waals surface area contributed by atoms with Crippen LogP contribution in [0.5, 0.6) is 5.75 Å². The molecule has 0 bridgehead atoms. The summed E-state index contributed by atoms with van der Waals surface area (Å²) < 4.78 is 5.88. The van der Waals surface area contributed by atoms with Crippen LogP contribution in [0.3, 0.4) is 0 Å². The van der Waals surface area contributed by atoms with Crippen molar-refractivity contribution in [1.82, 2.24) is 4.98 Å². The molecule has 1 aromatic heterocycles. The molecule has 0 aliphatic carbocycles. The molecule has 102 valence electrons. The molecular formula is C15H18ClNO2. The summed E-state index contributed by atoms with van der Waals surface area (Å²) in [5.41, 5.74) is 2.33. The Bertz CT molecular complexity index is 584. The number of halogens is 1. The lowest BCUT2D eigenvalue weighted by Gasteiger charge is -2.14. The number of rotatable bonds is 5. The van der Waals surface area contributed by atoms with Crippen LogP contribution in [0.2, 0.25) is 5.02 Å². The second-order valence-electron chi connectivity index (χ2n) is 4.53. The number of pyridine rings is 1. The molecule has 2 rings (SSSR count). The van der Waals surface area contributed by atoms with Crippen LogP contribution in [0.15, 0.2) is 18.2 Å². The van der Waals surface area contributed by atoms with E-state index in [9.17, 15) is 5.11 Å². The van der Waals surface area contributed by atoms with Crippen molar-refractivity contribution in [1.29, 1.82) is 0 Å². The lowest BCUT2D eigenvalue weighted by atomic mass is 10.1. The zero-order valence-electron chi connectivity index (χ0n) is 11.2. The number of hydrogen-bond donors (Lipinski definition) is 1. The third-order valence-corrected chi connectivity index (χ3v) is 3.36. The number of ether oxygens (including phenoxy) is 1. The predicted molar refractivity (Wildman–Crippen MR) is 77.8 cm³/mol. The van der Waals surface area contributed by atoms with Crippen LogP contribution < -0.4 is 4.74 Å². The minimum absolute atomic E-state index is 0.0888. The van der Waals surface area contributed by atoms with Crippen LogP contribution in [0.25, 0.3) is 10.9 Å². The number of fused-ring (bicyclic) bond motifs is 1. The van der Waals surface area contributed by atoms with E-state index in [0.29, 0.717) is 17.3 Å². The highest BCUT2D eigenvalue weighted by Crippen LogP contribution is 2.32. The number of unbranched alkanes of at least 4 members (excludes halogenated alkanes) is 1. The number of nitrogens with zero attached hydrogens (tertiary/aromatic N) is 1. The van der Waals surface area contributed by atoms with Crippen LogP contribution in [0, 0.1) is 6.92 Å². The monoisotopic (exact) mass is 279 g/mol. The molecule has 0 radical (unpaired) electrons. The van der Waals surface area contributed by atoms with E-state index in [1.54, 1.807) is 6.07 Å². The van der Waals surface area contributed by atoms with Crippen molar-refractivity contribution in [3.8, 4) is 5.75 Å². The molecule has 1 heterocycles. The minimum Gasteiger partial charge on any atom is -0.493 e. The normalized spacial score (nSPS) is 10.9. The number of aromatic nitrogens is 1. The van der Waals surface area contributed by atoms with Crippen LogP contribution in [-0.2, 0) is 6.61 Å². The molecule has 4 heteroatoms. The molecule has 0 amide bonds. The fraction of sp³-hybridized carbons (Fsp3) is 0.400.